The molecule has 24 heavy (non-hydrogen) atoms. The zero-order chi connectivity index (χ0) is 17.3. The Morgan fingerprint density at radius 3 is 2.58 bits per heavy atom. The summed E-state index contributed by atoms with van der Waals surface area (Å²) in [6.07, 6.45) is 0. The molecule has 0 saturated heterocycles. The molecule has 0 amide bonds. The predicted octanol–water partition coefficient (Wildman–Crippen LogP) is 2.24. The van der Waals surface area contributed by atoms with E-state index in [0.717, 1.165) is 29.7 Å². The summed E-state index contributed by atoms with van der Waals surface area (Å²) in [5.74, 6) is 1.07. The van der Waals surface area contributed by atoms with E-state index in [-0.39, 0.29) is 0 Å². The lowest BCUT2D eigenvalue weighted by Gasteiger charge is -2.11. The van der Waals surface area contributed by atoms with Gasteiger partial charge < -0.3 is 16.0 Å². The third-order valence-electron chi connectivity index (χ3n) is 3.70. The molecule has 0 bridgehead atoms. The van der Waals surface area contributed by atoms with E-state index in [4.69, 9.17) is 17.3 Å². The molecule has 3 N–H and O–H groups in total. The van der Waals surface area contributed by atoms with E-state index in [1.54, 1.807) is 11.7 Å². The van der Waals surface area contributed by atoms with Crippen LogP contribution in [0.2, 0.25) is 5.02 Å². The summed E-state index contributed by atoms with van der Waals surface area (Å²) in [5, 5.41) is 9.04. The van der Waals surface area contributed by atoms with Crippen LogP contribution in [0.15, 0.2) is 24.3 Å². The minimum absolute atomic E-state index is 0.535. The van der Waals surface area contributed by atoms with Crippen molar-refractivity contribution in [2.24, 2.45) is 7.05 Å². The molecule has 0 spiro atoms. The number of anilines is 2. The number of hydrogen-bond donors (Lipinski definition) is 2. The molecule has 0 atom stereocenters. The highest BCUT2D eigenvalue weighted by atomic mass is 35.5. The van der Waals surface area contributed by atoms with E-state index in [2.05, 4.69) is 25.3 Å². The fourth-order valence-corrected chi connectivity index (χ4v) is 2.53. The maximum absolute atomic E-state index is 6.16. The highest BCUT2D eigenvalue weighted by Crippen LogP contribution is 2.31. The summed E-state index contributed by atoms with van der Waals surface area (Å²) in [4.78, 5) is 11.2. The molecular weight excluding hydrogens is 326 g/mol. The molecule has 0 aliphatic heterocycles. The van der Waals surface area contributed by atoms with Crippen molar-refractivity contribution in [1.29, 1.82) is 0 Å². The topological polar surface area (TPSA) is 84.9 Å². The summed E-state index contributed by atoms with van der Waals surface area (Å²) >= 11 is 5.99. The lowest BCUT2D eigenvalue weighted by atomic mass is 10.1. The smallest absolute Gasteiger partial charge is 0.225 e. The Morgan fingerprint density at radius 2 is 1.92 bits per heavy atom. The van der Waals surface area contributed by atoms with Gasteiger partial charge in [-0.2, -0.15) is 10.1 Å². The largest absolute Gasteiger partial charge is 0.383 e. The number of benzene rings is 1. The molecule has 8 heteroatoms. The van der Waals surface area contributed by atoms with Crippen LogP contribution in [-0.2, 0) is 7.05 Å². The molecule has 2 heterocycles. The Labute approximate surface area is 145 Å². The molecular formula is C16H20ClN7. The van der Waals surface area contributed by atoms with Crippen molar-refractivity contribution in [3.8, 4) is 11.3 Å². The second-order valence-electron chi connectivity index (χ2n) is 5.84. The van der Waals surface area contributed by atoms with Crippen molar-refractivity contribution in [2.75, 3.05) is 38.2 Å². The minimum atomic E-state index is 0.535. The van der Waals surface area contributed by atoms with E-state index in [1.165, 1.54) is 0 Å². The number of rotatable bonds is 5. The average molecular weight is 346 g/mol. The van der Waals surface area contributed by atoms with Crippen LogP contribution in [-0.4, -0.2) is 51.8 Å². The number of fused-ring (bicyclic) bond motifs is 1. The summed E-state index contributed by atoms with van der Waals surface area (Å²) < 4.78 is 1.61. The fraction of sp³-hybridized carbons (Fsp3) is 0.312. The molecule has 0 radical (unpaired) electrons. The second kappa shape index (κ2) is 6.62. The second-order valence-corrected chi connectivity index (χ2v) is 6.28. The summed E-state index contributed by atoms with van der Waals surface area (Å²) in [6, 6.07) is 7.49. The van der Waals surface area contributed by atoms with Crippen molar-refractivity contribution >= 4 is 34.4 Å². The van der Waals surface area contributed by atoms with Crippen LogP contribution >= 0.6 is 11.6 Å². The third-order valence-corrected chi connectivity index (χ3v) is 3.95. The van der Waals surface area contributed by atoms with Gasteiger partial charge in [-0.05, 0) is 26.2 Å². The quantitative estimate of drug-likeness (QED) is 0.737. The van der Waals surface area contributed by atoms with Gasteiger partial charge in [-0.25, -0.2) is 4.98 Å². The summed E-state index contributed by atoms with van der Waals surface area (Å²) in [7, 11) is 5.83. The van der Waals surface area contributed by atoms with Crippen LogP contribution in [0, 0.1) is 0 Å². The van der Waals surface area contributed by atoms with Crippen LogP contribution in [0.1, 0.15) is 0 Å². The van der Waals surface area contributed by atoms with Gasteiger partial charge in [-0.15, -0.1) is 0 Å². The van der Waals surface area contributed by atoms with Gasteiger partial charge in [0.2, 0.25) is 5.95 Å². The van der Waals surface area contributed by atoms with Gasteiger partial charge in [0, 0.05) is 30.7 Å². The van der Waals surface area contributed by atoms with Crippen molar-refractivity contribution < 1.29 is 0 Å². The molecule has 126 valence electrons. The third kappa shape index (κ3) is 3.27. The van der Waals surface area contributed by atoms with Gasteiger partial charge in [0.05, 0.1) is 11.1 Å². The Balaban J connectivity index is 2.08. The molecule has 3 aromatic rings. The van der Waals surface area contributed by atoms with Crippen LogP contribution in [0.5, 0.6) is 0 Å². The predicted molar refractivity (Wildman–Crippen MR) is 98.2 cm³/mol. The van der Waals surface area contributed by atoms with Crippen molar-refractivity contribution in [3.63, 3.8) is 0 Å². The van der Waals surface area contributed by atoms with Gasteiger partial charge in [-0.1, -0.05) is 23.7 Å². The van der Waals surface area contributed by atoms with Crippen molar-refractivity contribution in [2.45, 2.75) is 0 Å². The number of nitrogens with two attached hydrogens (primary N) is 1. The molecule has 1 aromatic carbocycles. The van der Waals surface area contributed by atoms with Gasteiger partial charge >= 0.3 is 0 Å². The highest BCUT2D eigenvalue weighted by molar-refractivity contribution is 6.30. The molecule has 0 aliphatic carbocycles. The van der Waals surface area contributed by atoms with Crippen LogP contribution in [0.4, 0.5) is 11.8 Å². The minimum Gasteiger partial charge on any atom is -0.383 e. The van der Waals surface area contributed by atoms with E-state index in [0.29, 0.717) is 22.4 Å². The zero-order valence-electron chi connectivity index (χ0n) is 13.9. The number of hydrogen-bond acceptors (Lipinski definition) is 6. The molecule has 0 saturated carbocycles. The first-order chi connectivity index (χ1) is 11.5. The van der Waals surface area contributed by atoms with Crippen LogP contribution in [0.3, 0.4) is 0 Å². The van der Waals surface area contributed by atoms with Crippen LogP contribution < -0.4 is 11.1 Å². The number of aromatic nitrogens is 4. The molecule has 0 fully saturated rings. The lowest BCUT2D eigenvalue weighted by molar-refractivity contribution is 0.425. The highest BCUT2D eigenvalue weighted by Gasteiger charge is 2.17. The number of aryl methyl sites for hydroxylation is 1. The first kappa shape index (κ1) is 16.5. The Kier molecular flexibility index (Phi) is 4.55. The Morgan fingerprint density at radius 1 is 1.21 bits per heavy atom. The lowest BCUT2D eigenvalue weighted by Crippen LogP contribution is -2.21. The Bertz CT molecular complexity index is 855. The number of nitrogen functional groups attached to an aromatic ring is 1. The summed E-state index contributed by atoms with van der Waals surface area (Å²) in [5.41, 5.74) is 8.40. The van der Waals surface area contributed by atoms with Gasteiger partial charge in [0.15, 0.2) is 5.65 Å². The average Bonchev–Trinajstić information content (AvgIpc) is 2.82. The monoisotopic (exact) mass is 345 g/mol. The van der Waals surface area contributed by atoms with E-state index >= 15 is 0 Å². The molecule has 0 aliphatic rings. The maximum Gasteiger partial charge on any atom is 0.225 e. The van der Waals surface area contributed by atoms with Crippen LogP contribution in [0.25, 0.3) is 22.3 Å². The first-order valence-corrected chi connectivity index (χ1v) is 7.98. The molecule has 3 rings (SSSR count). The van der Waals surface area contributed by atoms with Gasteiger partial charge in [-0.3, -0.25) is 4.68 Å². The molecule has 2 aromatic heterocycles. The standard InChI is InChI=1S/C16H20ClN7/c1-23(2)9-8-19-16-20-13(10-4-6-11(17)7-5-10)12-14(18)24(3)22-15(12)21-16/h4-7H,8-9,18H2,1-3H3,(H,19,21,22). The summed E-state index contributed by atoms with van der Waals surface area (Å²) in [6.45, 7) is 1.61. The number of nitrogens with one attached hydrogen (secondary N) is 1. The first-order valence-electron chi connectivity index (χ1n) is 7.60. The molecule has 0 unspecified atom stereocenters. The van der Waals surface area contributed by atoms with E-state index in [1.807, 2.05) is 38.4 Å². The van der Waals surface area contributed by atoms with Crippen molar-refractivity contribution in [3.05, 3.63) is 29.3 Å². The Hall–Kier alpha value is -2.38. The van der Waals surface area contributed by atoms with E-state index in [9.17, 15) is 0 Å². The SMILES string of the molecule is CN(C)CCNc1nc(-c2ccc(Cl)cc2)c2c(N)n(C)nc2n1. The van der Waals surface area contributed by atoms with Crippen molar-refractivity contribution in [1.82, 2.24) is 24.6 Å². The fourth-order valence-electron chi connectivity index (χ4n) is 2.40. The maximum atomic E-state index is 6.16. The van der Waals surface area contributed by atoms with Gasteiger partial charge in [0.25, 0.3) is 0 Å². The van der Waals surface area contributed by atoms with Gasteiger partial charge in [0.1, 0.15) is 5.82 Å². The number of nitrogens with zero attached hydrogens (tertiary/aromatic N) is 5. The number of likely N-dealkylation sites (N-methyl/N-ethyl adjacent to an activating group) is 1. The molecule has 7 nitrogen and oxygen atoms in total. The normalized spacial score (nSPS) is 11.4. The zero-order valence-corrected chi connectivity index (χ0v) is 14.7. The number of halogens is 1. The van der Waals surface area contributed by atoms with E-state index < -0.39 is 0 Å².